The summed E-state index contributed by atoms with van der Waals surface area (Å²) in [6.45, 7) is 1.96. The fourth-order valence-corrected chi connectivity index (χ4v) is 2.30. The number of carbonyl (C=O) groups excluding carboxylic acids is 2. The molecule has 3 rings (SSSR count). The number of hydrogen-bond donors (Lipinski definition) is 2. The zero-order valence-electron chi connectivity index (χ0n) is 14.7. The molecule has 1 heterocycles. The van der Waals surface area contributed by atoms with Gasteiger partial charge in [0.1, 0.15) is 0 Å². The Labute approximate surface area is 157 Å². The van der Waals surface area contributed by atoms with Crippen molar-refractivity contribution < 1.29 is 9.59 Å². The number of amides is 2. The van der Waals surface area contributed by atoms with Crippen molar-refractivity contribution in [3.8, 4) is 0 Å². The molecule has 6 nitrogen and oxygen atoms in total. The molecule has 0 saturated carbocycles. The highest BCUT2D eigenvalue weighted by Crippen LogP contribution is 2.12. The molecule has 0 aliphatic carbocycles. The van der Waals surface area contributed by atoms with Gasteiger partial charge in [0.05, 0.1) is 6.21 Å². The van der Waals surface area contributed by atoms with E-state index < -0.39 is 0 Å². The monoisotopic (exact) mass is 358 g/mol. The van der Waals surface area contributed by atoms with E-state index in [2.05, 4.69) is 20.8 Å². The summed E-state index contributed by atoms with van der Waals surface area (Å²) in [7, 11) is 0. The molecule has 0 saturated heterocycles. The average molecular weight is 358 g/mol. The summed E-state index contributed by atoms with van der Waals surface area (Å²) in [5.74, 6) is -0.542. The zero-order chi connectivity index (χ0) is 19.1. The third kappa shape index (κ3) is 5.09. The van der Waals surface area contributed by atoms with Gasteiger partial charge in [0.2, 0.25) is 0 Å². The first-order chi connectivity index (χ1) is 13.1. The normalized spacial score (nSPS) is 10.6. The molecule has 0 unspecified atom stereocenters. The number of pyridine rings is 1. The van der Waals surface area contributed by atoms with Crippen LogP contribution < -0.4 is 10.7 Å². The second-order valence-corrected chi connectivity index (χ2v) is 5.88. The maximum absolute atomic E-state index is 12.2. The molecule has 27 heavy (non-hydrogen) atoms. The molecular formula is C21H18N4O2. The van der Waals surface area contributed by atoms with Crippen LogP contribution in [0, 0.1) is 6.92 Å². The van der Waals surface area contributed by atoms with Crippen LogP contribution in [-0.4, -0.2) is 23.0 Å². The molecule has 0 fully saturated rings. The van der Waals surface area contributed by atoms with Crippen LogP contribution in [0.4, 0.5) is 5.69 Å². The Bertz CT molecular complexity index is 950. The summed E-state index contributed by atoms with van der Waals surface area (Å²) < 4.78 is 0. The summed E-state index contributed by atoms with van der Waals surface area (Å²) in [6, 6.07) is 17.5. The largest absolute Gasteiger partial charge is 0.322 e. The lowest BCUT2D eigenvalue weighted by atomic mass is 10.1. The van der Waals surface area contributed by atoms with Crippen molar-refractivity contribution in [3.63, 3.8) is 0 Å². The van der Waals surface area contributed by atoms with E-state index in [1.165, 1.54) is 6.21 Å². The molecule has 0 radical (unpaired) electrons. The number of hydrogen-bond acceptors (Lipinski definition) is 4. The smallest absolute Gasteiger partial charge is 0.271 e. The van der Waals surface area contributed by atoms with Gasteiger partial charge in [-0.25, -0.2) is 5.43 Å². The maximum atomic E-state index is 12.2. The van der Waals surface area contributed by atoms with Gasteiger partial charge in [0, 0.05) is 34.8 Å². The van der Waals surface area contributed by atoms with Gasteiger partial charge in [-0.1, -0.05) is 23.8 Å². The van der Waals surface area contributed by atoms with Gasteiger partial charge in [-0.3, -0.25) is 14.6 Å². The van der Waals surface area contributed by atoms with Crippen LogP contribution in [0.1, 0.15) is 31.8 Å². The molecule has 2 amide bonds. The Morgan fingerprint density at radius 2 is 1.59 bits per heavy atom. The highest BCUT2D eigenvalue weighted by Gasteiger charge is 2.07. The zero-order valence-corrected chi connectivity index (χ0v) is 14.7. The topological polar surface area (TPSA) is 83.5 Å². The predicted molar refractivity (Wildman–Crippen MR) is 105 cm³/mol. The van der Waals surface area contributed by atoms with Crippen LogP contribution in [-0.2, 0) is 0 Å². The van der Waals surface area contributed by atoms with Crippen molar-refractivity contribution in [2.75, 3.05) is 5.32 Å². The molecule has 0 spiro atoms. The summed E-state index contributed by atoms with van der Waals surface area (Å²) in [5.41, 5.74) is 5.95. The third-order valence-electron chi connectivity index (χ3n) is 3.78. The standard InChI is InChI=1S/C21H18N4O2/c1-15-4-6-17(7-5-15)20(26)24-19-10-8-18(9-11-19)21(27)25-23-14-16-3-2-12-22-13-16/h2-14H,1H3,(H,24,26)(H,25,27). The number of aromatic nitrogens is 1. The molecule has 1 aromatic heterocycles. The predicted octanol–water partition coefficient (Wildman–Crippen LogP) is 3.41. The minimum atomic E-state index is -0.341. The summed E-state index contributed by atoms with van der Waals surface area (Å²) in [5, 5.41) is 6.70. The molecule has 6 heteroatoms. The number of nitrogens with zero attached hydrogens (tertiary/aromatic N) is 2. The maximum Gasteiger partial charge on any atom is 0.271 e. The van der Waals surface area contributed by atoms with E-state index in [4.69, 9.17) is 0 Å². The second kappa shape index (κ2) is 8.53. The highest BCUT2D eigenvalue weighted by atomic mass is 16.2. The molecule has 0 bridgehead atoms. The Balaban J connectivity index is 1.57. The van der Waals surface area contributed by atoms with Gasteiger partial charge in [0.25, 0.3) is 11.8 Å². The van der Waals surface area contributed by atoms with E-state index in [-0.39, 0.29) is 11.8 Å². The van der Waals surface area contributed by atoms with E-state index in [9.17, 15) is 9.59 Å². The Morgan fingerprint density at radius 3 is 2.26 bits per heavy atom. The molecular weight excluding hydrogens is 340 g/mol. The number of aryl methyl sites for hydroxylation is 1. The molecule has 2 aromatic carbocycles. The minimum absolute atomic E-state index is 0.201. The lowest BCUT2D eigenvalue weighted by molar-refractivity contribution is 0.0954. The fourth-order valence-electron chi connectivity index (χ4n) is 2.30. The lowest BCUT2D eigenvalue weighted by Crippen LogP contribution is -2.17. The minimum Gasteiger partial charge on any atom is -0.322 e. The Kier molecular flexibility index (Phi) is 5.69. The van der Waals surface area contributed by atoms with Gasteiger partial charge in [0.15, 0.2) is 0 Å². The van der Waals surface area contributed by atoms with Crippen LogP contribution in [0.25, 0.3) is 0 Å². The first-order valence-corrected chi connectivity index (χ1v) is 8.33. The Hall–Kier alpha value is -3.80. The third-order valence-corrected chi connectivity index (χ3v) is 3.78. The van der Waals surface area contributed by atoms with Crippen molar-refractivity contribution in [2.45, 2.75) is 6.92 Å². The van der Waals surface area contributed by atoms with E-state index in [1.54, 1.807) is 54.9 Å². The van der Waals surface area contributed by atoms with Gasteiger partial charge >= 0.3 is 0 Å². The number of anilines is 1. The summed E-state index contributed by atoms with van der Waals surface area (Å²) in [6.07, 6.45) is 4.82. The van der Waals surface area contributed by atoms with Gasteiger partial charge in [-0.2, -0.15) is 5.10 Å². The lowest BCUT2D eigenvalue weighted by Gasteiger charge is -2.06. The van der Waals surface area contributed by atoms with E-state index in [0.29, 0.717) is 16.8 Å². The molecule has 3 aromatic rings. The second-order valence-electron chi connectivity index (χ2n) is 5.88. The fraction of sp³-hybridized carbons (Fsp3) is 0.0476. The van der Waals surface area contributed by atoms with Crippen molar-refractivity contribution >= 4 is 23.7 Å². The van der Waals surface area contributed by atoms with Crippen molar-refractivity contribution in [3.05, 3.63) is 95.3 Å². The number of carbonyl (C=O) groups is 2. The molecule has 134 valence electrons. The molecule has 0 atom stereocenters. The van der Waals surface area contributed by atoms with Crippen LogP contribution in [0.5, 0.6) is 0 Å². The SMILES string of the molecule is Cc1ccc(C(=O)Nc2ccc(C(=O)NN=Cc3cccnc3)cc2)cc1. The highest BCUT2D eigenvalue weighted by molar-refractivity contribution is 6.04. The van der Waals surface area contributed by atoms with Crippen LogP contribution in [0.2, 0.25) is 0 Å². The summed E-state index contributed by atoms with van der Waals surface area (Å²) >= 11 is 0. The van der Waals surface area contributed by atoms with Gasteiger partial charge < -0.3 is 5.32 Å². The van der Waals surface area contributed by atoms with Crippen molar-refractivity contribution in [1.29, 1.82) is 0 Å². The number of hydrazone groups is 1. The van der Waals surface area contributed by atoms with E-state index in [1.807, 2.05) is 25.1 Å². The van der Waals surface area contributed by atoms with Crippen LogP contribution in [0.15, 0.2) is 78.2 Å². The average Bonchev–Trinajstić information content (AvgIpc) is 2.70. The van der Waals surface area contributed by atoms with Crippen molar-refractivity contribution in [2.24, 2.45) is 5.10 Å². The molecule has 2 N–H and O–H groups in total. The van der Waals surface area contributed by atoms with Crippen molar-refractivity contribution in [1.82, 2.24) is 10.4 Å². The van der Waals surface area contributed by atoms with E-state index >= 15 is 0 Å². The number of nitrogens with one attached hydrogen (secondary N) is 2. The molecule has 0 aliphatic heterocycles. The number of benzene rings is 2. The quantitative estimate of drug-likeness (QED) is 0.541. The summed E-state index contributed by atoms with van der Waals surface area (Å²) in [4.78, 5) is 28.3. The first-order valence-electron chi connectivity index (χ1n) is 8.33. The van der Waals surface area contributed by atoms with Crippen LogP contribution >= 0.6 is 0 Å². The van der Waals surface area contributed by atoms with Gasteiger partial charge in [-0.15, -0.1) is 0 Å². The first kappa shape index (κ1) is 18.0. The Morgan fingerprint density at radius 1 is 0.926 bits per heavy atom. The molecule has 0 aliphatic rings. The van der Waals surface area contributed by atoms with E-state index in [0.717, 1.165) is 11.1 Å². The number of rotatable bonds is 5. The van der Waals surface area contributed by atoms with Crippen LogP contribution in [0.3, 0.4) is 0 Å². The van der Waals surface area contributed by atoms with Gasteiger partial charge in [-0.05, 0) is 49.4 Å².